The number of nitrogens with two attached hydrogens (primary N) is 1. The van der Waals surface area contributed by atoms with E-state index in [4.69, 9.17) is 5.73 Å². The molecule has 25 heavy (non-hydrogen) atoms. The zero-order valence-corrected chi connectivity index (χ0v) is 15.2. The molecule has 2 rings (SSSR count). The lowest BCUT2D eigenvalue weighted by Crippen LogP contribution is -2.35. The summed E-state index contributed by atoms with van der Waals surface area (Å²) < 4.78 is 12.3. The Labute approximate surface area is 148 Å². The predicted molar refractivity (Wildman–Crippen MR) is 100 cm³/mol. The van der Waals surface area contributed by atoms with Gasteiger partial charge in [-0.2, -0.15) is 0 Å². The average molecular weight is 360 g/mol. The fourth-order valence-electron chi connectivity index (χ4n) is 2.55. The van der Waals surface area contributed by atoms with Gasteiger partial charge in [0.05, 0.1) is 11.7 Å². The highest BCUT2D eigenvalue weighted by Crippen LogP contribution is 2.45. The molecule has 0 aromatic heterocycles. The molecular weight excluding hydrogens is 335 g/mol. The summed E-state index contributed by atoms with van der Waals surface area (Å²) in [5.74, 6) is -1.69. The van der Waals surface area contributed by atoms with Gasteiger partial charge in [0.25, 0.3) is 0 Å². The van der Waals surface area contributed by atoms with E-state index >= 15 is 0 Å². The van der Waals surface area contributed by atoms with Gasteiger partial charge in [-0.1, -0.05) is 60.7 Å². The van der Waals surface area contributed by atoms with Crippen LogP contribution in [0.25, 0.3) is 0 Å². The first-order valence-electron chi connectivity index (χ1n) is 8.31. The average Bonchev–Trinajstić information content (AvgIpc) is 2.60. The number of carbonyl (C=O) groups excluding carboxylic acids is 1. The summed E-state index contributed by atoms with van der Waals surface area (Å²) in [6.45, 7) is 1.89. The summed E-state index contributed by atoms with van der Waals surface area (Å²) >= 11 is 0. The highest BCUT2D eigenvalue weighted by Gasteiger charge is 2.32. The number of benzene rings is 2. The van der Waals surface area contributed by atoms with Crippen molar-refractivity contribution in [2.45, 2.75) is 25.7 Å². The first kappa shape index (κ1) is 19.4. The van der Waals surface area contributed by atoms with Crippen LogP contribution in [0.4, 0.5) is 0 Å². The third-order valence-corrected chi connectivity index (χ3v) is 6.36. The first-order chi connectivity index (χ1) is 11.9. The van der Waals surface area contributed by atoms with Crippen LogP contribution >= 0.6 is 7.37 Å². The fourth-order valence-corrected chi connectivity index (χ4v) is 3.81. The van der Waals surface area contributed by atoms with Crippen molar-refractivity contribution in [3.8, 4) is 0 Å². The van der Waals surface area contributed by atoms with Crippen LogP contribution in [0.5, 0.6) is 0 Å². The zero-order valence-electron chi connectivity index (χ0n) is 14.3. The summed E-state index contributed by atoms with van der Waals surface area (Å²) in [5.41, 5.74) is 7.56. The number of nitrogens with one attached hydrogen (secondary N) is 1. The summed E-state index contributed by atoms with van der Waals surface area (Å²) in [7, 11) is -3.59. The van der Waals surface area contributed by atoms with Gasteiger partial charge in [0.2, 0.25) is 13.3 Å². The van der Waals surface area contributed by atoms with Gasteiger partial charge in [-0.3, -0.25) is 9.36 Å². The molecule has 0 aliphatic rings. The Hall–Kier alpha value is -1.94. The monoisotopic (exact) mass is 360 g/mol. The Morgan fingerprint density at radius 1 is 1.08 bits per heavy atom. The van der Waals surface area contributed by atoms with Crippen molar-refractivity contribution in [2.24, 2.45) is 11.7 Å². The van der Waals surface area contributed by atoms with Crippen molar-refractivity contribution in [2.75, 3.05) is 6.16 Å². The van der Waals surface area contributed by atoms with Crippen molar-refractivity contribution in [3.63, 3.8) is 0 Å². The maximum absolute atomic E-state index is 12.6. The minimum atomic E-state index is -3.59. The Balaban J connectivity index is 2.09. The lowest BCUT2D eigenvalue weighted by atomic mass is 10.00. The molecule has 0 radical (unpaired) electrons. The van der Waals surface area contributed by atoms with Gasteiger partial charge in [0, 0.05) is 12.7 Å². The molecule has 0 bridgehead atoms. The number of amides is 1. The summed E-state index contributed by atoms with van der Waals surface area (Å²) in [6, 6.07) is 19.0. The van der Waals surface area contributed by atoms with Gasteiger partial charge < -0.3 is 15.9 Å². The molecule has 4 N–H and O–H groups in total. The molecule has 0 aliphatic carbocycles. The van der Waals surface area contributed by atoms with Crippen LogP contribution in [0.3, 0.4) is 0 Å². The van der Waals surface area contributed by atoms with Crippen molar-refractivity contribution < 1.29 is 14.3 Å². The van der Waals surface area contributed by atoms with Crippen LogP contribution in [0.15, 0.2) is 60.7 Å². The van der Waals surface area contributed by atoms with E-state index in [0.717, 1.165) is 11.1 Å². The van der Waals surface area contributed by atoms with Crippen LogP contribution in [-0.2, 0) is 22.3 Å². The van der Waals surface area contributed by atoms with Crippen LogP contribution in [0.1, 0.15) is 18.1 Å². The van der Waals surface area contributed by atoms with Gasteiger partial charge in [-0.05, 0) is 24.5 Å². The second-order valence-electron chi connectivity index (χ2n) is 6.27. The topological polar surface area (TPSA) is 92.4 Å². The lowest BCUT2D eigenvalue weighted by molar-refractivity contribution is -0.124. The van der Waals surface area contributed by atoms with Gasteiger partial charge in [0.15, 0.2) is 0 Å². The smallest absolute Gasteiger partial charge is 0.224 e. The molecule has 0 spiro atoms. The van der Waals surface area contributed by atoms with E-state index in [0.29, 0.717) is 13.0 Å². The molecule has 0 saturated carbocycles. The summed E-state index contributed by atoms with van der Waals surface area (Å²) in [6.07, 6.45) is 0.277. The fraction of sp³-hybridized carbons (Fsp3) is 0.316. The number of hydrogen-bond donors (Lipinski definition) is 3. The van der Waals surface area contributed by atoms with Crippen molar-refractivity contribution >= 4 is 13.3 Å². The molecule has 1 amide bonds. The van der Waals surface area contributed by atoms with E-state index in [9.17, 15) is 14.3 Å². The molecule has 0 saturated heterocycles. The lowest BCUT2D eigenvalue weighted by Gasteiger charge is -2.22. The normalized spacial score (nSPS) is 15.8. The largest absolute Gasteiger partial charge is 0.352 e. The Morgan fingerprint density at radius 2 is 1.60 bits per heavy atom. The van der Waals surface area contributed by atoms with E-state index in [2.05, 4.69) is 5.32 Å². The highest BCUT2D eigenvalue weighted by atomic mass is 31.2. The second kappa shape index (κ2) is 8.95. The Kier molecular flexibility index (Phi) is 6.94. The predicted octanol–water partition coefficient (Wildman–Crippen LogP) is 2.74. The second-order valence-corrected chi connectivity index (χ2v) is 8.96. The third kappa shape index (κ3) is 6.13. The highest BCUT2D eigenvalue weighted by molar-refractivity contribution is 7.58. The van der Waals surface area contributed by atoms with Crippen LogP contribution < -0.4 is 11.1 Å². The molecule has 0 fully saturated rings. The molecule has 0 aliphatic heterocycles. The van der Waals surface area contributed by atoms with E-state index in [-0.39, 0.29) is 12.1 Å². The molecular formula is C19H25N2O3P. The van der Waals surface area contributed by atoms with Crippen molar-refractivity contribution in [1.82, 2.24) is 5.32 Å². The SMILES string of the molecule is CC(N)P(=O)(O)CC(Cc1ccccc1)C(=O)NCc1ccccc1. The molecule has 5 nitrogen and oxygen atoms in total. The summed E-state index contributed by atoms with van der Waals surface area (Å²) in [4.78, 5) is 22.8. The molecule has 3 unspecified atom stereocenters. The summed E-state index contributed by atoms with van der Waals surface area (Å²) in [5, 5.41) is 2.87. The minimum absolute atomic E-state index is 0.125. The van der Waals surface area contributed by atoms with E-state index in [1.165, 1.54) is 6.92 Å². The molecule has 2 aromatic carbocycles. The molecule has 3 atom stereocenters. The van der Waals surface area contributed by atoms with Gasteiger partial charge >= 0.3 is 0 Å². The van der Waals surface area contributed by atoms with E-state index in [1.54, 1.807) is 0 Å². The minimum Gasteiger partial charge on any atom is -0.352 e. The number of carbonyl (C=O) groups is 1. The third-order valence-electron chi connectivity index (χ3n) is 4.12. The Bertz CT molecular complexity index is 720. The van der Waals surface area contributed by atoms with Gasteiger partial charge in [0.1, 0.15) is 0 Å². The molecule has 6 heteroatoms. The van der Waals surface area contributed by atoms with Crippen LogP contribution in [-0.4, -0.2) is 22.7 Å². The van der Waals surface area contributed by atoms with E-state index in [1.807, 2.05) is 60.7 Å². The maximum Gasteiger partial charge on any atom is 0.224 e. The molecule has 0 heterocycles. The van der Waals surface area contributed by atoms with Crippen LogP contribution in [0, 0.1) is 5.92 Å². The van der Waals surface area contributed by atoms with Crippen LogP contribution in [0.2, 0.25) is 0 Å². The van der Waals surface area contributed by atoms with Gasteiger partial charge in [-0.25, -0.2) is 0 Å². The van der Waals surface area contributed by atoms with Gasteiger partial charge in [-0.15, -0.1) is 0 Å². The molecule has 2 aromatic rings. The standard InChI is InChI=1S/C19H25N2O3P/c1-15(20)25(23,24)14-18(12-16-8-4-2-5-9-16)19(22)21-13-17-10-6-3-7-11-17/h2-11,15,18H,12-14,20H2,1H3,(H,21,22)(H,23,24). The number of hydrogen-bond acceptors (Lipinski definition) is 3. The number of rotatable bonds is 8. The Morgan fingerprint density at radius 3 is 2.12 bits per heavy atom. The van der Waals surface area contributed by atoms with E-state index < -0.39 is 19.1 Å². The quantitative estimate of drug-likeness (QED) is 0.631. The zero-order chi connectivity index (χ0) is 18.3. The van der Waals surface area contributed by atoms with Crippen molar-refractivity contribution in [3.05, 3.63) is 71.8 Å². The first-order valence-corrected chi connectivity index (χ1v) is 10.2. The van der Waals surface area contributed by atoms with Crippen molar-refractivity contribution in [1.29, 1.82) is 0 Å². The maximum atomic E-state index is 12.6. The molecule has 134 valence electrons.